The van der Waals surface area contributed by atoms with Gasteiger partial charge in [-0.25, -0.2) is 17.9 Å². The van der Waals surface area contributed by atoms with Crippen LogP contribution in [0.15, 0.2) is 47.4 Å². The molecule has 0 bridgehead atoms. The van der Waals surface area contributed by atoms with E-state index in [-0.39, 0.29) is 29.0 Å². The van der Waals surface area contributed by atoms with Gasteiger partial charge >= 0.3 is 0 Å². The average Bonchev–Trinajstić information content (AvgIpc) is 3.09. The Bertz CT molecular complexity index is 946. The molecule has 2 aromatic carbocycles. The Morgan fingerprint density at radius 3 is 2.69 bits per heavy atom. The summed E-state index contributed by atoms with van der Waals surface area (Å²) in [6, 6.07) is 9.69. The molecule has 1 saturated heterocycles. The van der Waals surface area contributed by atoms with Gasteiger partial charge in [-0.2, -0.15) is 0 Å². The Kier molecular flexibility index (Phi) is 5.08. The number of carbonyl (C=O) groups is 1. The summed E-state index contributed by atoms with van der Waals surface area (Å²) >= 11 is 0. The molecule has 0 aliphatic carbocycles. The number of hydrogen-bond donors (Lipinski definition) is 2. The summed E-state index contributed by atoms with van der Waals surface area (Å²) in [6.07, 6.45) is 1.59. The van der Waals surface area contributed by atoms with Gasteiger partial charge in [0.15, 0.2) is 0 Å². The fourth-order valence-electron chi connectivity index (χ4n) is 3.19. The first kappa shape index (κ1) is 18.5. The molecule has 0 aromatic heterocycles. The second-order valence-electron chi connectivity index (χ2n) is 6.24. The van der Waals surface area contributed by atoms with Gasteiger partial charge in [-0.1, -0.05) is 18.2 Å². The second kappa shape index (κ2) is 7.14. The van der Waals surface area contributed by atoms with Crippen LogP contribution in [0.2, 0.25) is 0 Å². The van der Waals surface area contributed by atoms with E-state index in [2.05, 4.69) is 0 Å². The molecule has 3 N–H and O–H groups in total. The van der Waals surface area contributed by atoms with Crippen molar-refractivity contribution in [1.29, 1.82) is 0 Å². The summed E-state index contributed by atoms with van der Waals surface area (Å²) < 4.78 is 37.0. The Hall–Kier alpha value is -2.29. The Labute approximate surface area is 151 Å². The smallest absolute Gasteiger partial charge is 0.254 e. The Morgan fingerprint density at radius 1 is 1.27 bits per heavy atom. The summed E-state index contributed by atoms with van der Waals surface area (Å²) in [7, 11) is -3.99. The lowest BCUT2D eigenvalue weighted by Crippen LogP contribution is -2.37. The van der Waals surface area contributed by atoms with Crippen LogP contribution in [0.1, 0.15) is 23.2 Å². The van der Waals surface area contributed by atoms with Crippen LogP contribution in [0, 0.1) is 5.82 Å². The van der Waals surface area contributed by atoms with E-state index in [9.17, 15) is 22.7 Å². The van der Waals surface area contributed by atoms with E-state index < -0.39 is 15.8 Å². The number of benzene rings is 2. The molecular formula is C18H19FN2O4S. The van der Waals surface area contributed by atoms with Crippen molar-refractivity contribution in [1.82, 2.24) is 4.90 Å². The number of nitrogens with two attached hydrogens (primary N) is 1. The number of likely N-dealkylation sites (tertiary alicyclic amines) is 1. The maximum Gasteiger partial charge on any atom is 0.254 e. The molecule has 1 amide bonds. The zero-order valence-corrected chi connectivity index (χ0v) is 14.7. The lowest BCUT2D eigenvalue weighted by atomic mass is 10.0. The van der Waals surface area contributed by atoms with E-state index in [0.29, 0.717) is 17.7 Å². The summed E-state index contributed by atoms with van der Waals surface area (Å²) in [5, 5.41) is 14.4. The van der Waals surface area contributed by atoms with Gasteiger partial charge in [0.2, 0.25) is 10.0 Å². The first-order valence-corrected chi connectivity index (χ1v) is 9.70. The normalized spacial score (nSPS) is 17.5. The molecule has 2 aromatic rings. The minimum absolute atomic E-state index is 0.0882. The number of halogens is 1. The Balaban J connectivity index is 1.94. The number of primary sulfonamides is 1. The summed E-state index contributed by atoms with van der Waals surface area (Å²) in [4.78, 5) is 14.0. The van der Waals surface area contributed by atoms with Crippen molar-refractivity contribution >= 4 is 15.9 Å². The largest absolute Gasteiger partial charge is 0.394 e. The molecular weight excluding hydrogens is 359 g/mol. The second-order valence-corrected chi connectivity index (χ2v) is 7.81. The molecule has 3 rings (SSSR count). The maximum atomic E-state index is 14.4. The van der Waals surface area contributed by atoms with E-state index in [1.807, 2.05) is 0 Å². The molecule has 138 valence electrons. The van der Waals surface area contributed by atoms with Crippen LogP contribution in [0.4, 0.5) is 4.39 Å². The molecule has 1 atom stereocenters. The molecule has 0 unspecified atom stereocenters. The number of nitrogens with zero attached hydrogens (tertiary/aromatic N) is 1. The predicted octanol–water partition coefficient (Wildman–Crippen LogP) is 1.74. The zero-order valence-electron chi connectivity index (χ0n) is 13.9. The van der Waals surface area contributed by atoms with E-state index in [0.717, 1.165) is 18.9 Å². The average molecular weight is 378 g/mol. The van der Waals surface area contributed by atoms with Gasteiger partial charge in [-0.15, -0.1) is 0 Å². The minimum atomic E-state index is -3.99. The van der Waals surface area contributed by atoms with Crippen molar-refractivity contribution in [3.05, 3.63) is 53.8 Å². The first-order chi connectivity index (χ1) is 12.3. The molecule has 6 nitrogen and oxygen atoms in total. The van der Waals surface area contributed by atoms with Gasteiger partial charge in [-0.05, 0) is 42.7 Å². The fourth-order valence-corrected chi connectivity index (χ4v) is 3.71. The van der Waals surface area contributed by atoms with Crippen LogP contribution < -0.4 is 5.14 Å². The lowest BCUT2D eigenvalue weighted by Gasteiger charge is -2.23. The highest BCUT2D eigenvalue weighted by molar-refractivity contribution is 7.89. The molecule has 1 aliphatic heterocycles. The summed E-state index contributed by atoms with van der Waals surface area (Å²) in [6.45, 7) is 0.487. The van der Waals surface area contributed by atoms with E-state index in [1.165, 1.54) is 12.1 Å². The van der Waals surface area contributed by atoms with Crippen molar-refractivity contribution in [2.45, 2.75) is 23.8 Å². The number of rotatable bonds is 4. The van der Waals surface area contributed by atoms with Crippen LogP contribution in [0.25, 0.3) is 11.1 Å². The van der Waals surface area contributed by atoms with Gasteiger partial charge in [0, 0.05) is 17.7 Å². The summed E-state index contributed by atoms with van der Waals surface area (Å²) in [5.41, 5.74) is 1.01. The first-order valence-electron chi connectivity index (χ1n) is 8.16. The maximum absolute atomic E-state index is 14.4. The van der Waals surface area contributed by atoms with E-state index in [4.69, 9.17) is 5.14 Å². The number of aliphatic hydroxyl groups excluding tert-OH is 1. The van der Waals surface area contributed by atoms with Gasteiger partial charge in [0.1, 0.15) is 5.82 Å². The van der Waals surface area contributed by atoms with Crippen LogP contribution in [0.3, 0.4) is 0 Å². The molecule has 1 aliphatic rings. The number of sulfonamides is 1. The van der Waals surface area contributed by atoms with Gasteiger partial charge < -0.3 is 10.0 Å². The molecule has 0 saturated carbocycles. The quantitative estimate of drug-likeness (QED) is 0.846. The molecule has 26 heavy (non-hydrogen) atoms. The molecule has 8 heteroatoms. The molecule has 0 spiro atoms. The monoisotopic (exact) mass is 378 g/mol. The third kappa shape index (κ3) is 3.62. The SMILES string of the molecule is NS(=O)(=O)c1ccc(-c2cccc(C(=O)N3CCC[C@H]3CO)c2)c(F)c1. The lowest BCUT2D eigenvalue weighted by molar-refractivity contribution is 0.0677. The summed E-state index contributed by atoms with van der Waals surface area (Å²) in [5.74, 6) is -0.958. The van der Waals surface area contributed by atoms with Crippen molar-refractivity contribution in [2.75, 3.05) is 13.2 Å². The highest BCUT2D eigenvalue weighted by Gasteiger charge is 2.28. The predicted molar refractivity (Wildman–Crippen MR) is 94.4 cm³/mol. The fraction of sp³-hybridized carbons (Fsp3) is 0.278. The van der Waals surface area contributed by atoms with Crippen molar-refractivity contribution in [2.24, 2.45) is 5.14 Å². The van der Waals surface area contributed by atoms with Crippen molar-refractivity contribution in [3.63, 3.8) is 0 Å². The third-order valence-electron chi connectivity index (χ3n) is 4.54. The number of amides is 1. The van der Waals surface area contributed by atoms with Crippen LogP contribution in [0.5, 0.6) is 0 Å². The highest BCUT2D eigenvalue weighted by atomic mass is 32.2. The van der Waals surface area contributed by atoms with Crippen LogP contribution >= 0.6 is 0 Å². The Morgan fingerprint density at radius 2 is 2.04 bits per heavy atom. The standard InChI is InChI=1S/C18H19FN2O4S/c19-17-10-15(26(20,24)25)6-7-16(17)12-3-1-4-13(9-12)18(23)21-8-2-5-14(21)11-22/h1,3-4,6-7,9-10,14,22H,2,5,8,11H2,(H2,20,24,25)/t14-/m0/s1. The number of aliphatic hydroxyl groups is 1. The third-order valence-corrected chi connectivity index (χ3v) is 5.45. The van der Waals surface area contributed by atoms with Gasteiger partial charge in [0.05, 0.1) is 17.5 Å². The molecule has 1 fully saturated rings. The topological polar surface area (TPSA) is 101 Å². The van der Waals surface area contributed by atoms with Crippen molar-refractivity contribution in [3.8, 4) is 11.1 Å². The van der Waals surface area contributed by atoms with E-state index in [1.54, 1.807) is 29.2 Å². The molecule has 0 radical (unpaired) electrons. The van der Waals surface area contributed by atoms with Crippen LogP contribution in [-0.4, -0.2) is 43.5 Å². The van der Waals surface area contributed by atoms with Gasteiger partial charge in [0.25, 0.3) is 5.91 Å². The van der Waals surface area contributed by atoms with Crippen LogP contribution in [-0.2, 0) is 10.0 Å². The van der Waals surface area contributed by atoms with Gasteiger partial charge in [-0.3, -0.25) is 4.79 Å². The minimum Gasteiger partial charge on any atom is -0.394 e. The molecule has 1 heterocycles. The van der Waals surface area contributed by atoms with E-state index >= 15 is 0 Å². The zero-order chi connectivity index (χ0) is 18.9. The van der Waals surface area contributed by atoms with Crippen molar-refractivity contribution < 1.29 is 22.7 Å². The number of carbonyl (C=O) groups excluding carboxylic acids is 1. The number of hydrogen-bond acceptors (Lipinski definition) is 4. The highest BCUT2D eigenvalue weighted by Crippen LogP contribution is 2.27.